The Labute approximate surface area is 211 Å². The lowest BCUT2D eigenvalue weighted by molar-refractivity contribution is -0.137. The summed E-state index contributed by atoms with van der Waals surface area (Å²) in [5.41, 5.74) is 1.51. The average Bonchev–Trinajstić information content (AvgIpc) is 3.56. The molecule has 0 spiro atoms. The quantitative estimate of drug-likeness (QED) is 0.354. The highest BCUT2D eigenvalue weighted by atomic mass is 32.2. The summed E-state index contributed by atoms with van der Waals surface area (Å²) in [5.74, 6) is -0.417. The number of carbonyl (C=O) groups excluding carboxylic acids is 1. The lowest BCUT2D eigenvalue weighted by Gasteiger charge is -2.22. The molecule has 192 valence electrons. The molecule has 6 nitrogen and oxygen atoms in total. The van der Waals surface area contributed by atoms with Crippen LogP contribution in [0.3, 0.4) is 0 Å². The van der Waals surface area contributed by atoms with Crippen LogP contribution in [0, 0.1) is 0 Å². The molecule has 1 aliphatic heterocycles. The van der Waals surface area contributed by atoms with Crippen molar-refractivity contribution in [1.29, 1.82) is 0 Å². The van der Waals surface area contributed by atoms with Crippen LogP contribution in [0.1, 0.15) is 24.0 Å². The smallest absolute Gasteiger partial charge is 0.416 e. The summed E-state index contributed by atoms with van der Waals surface area (Å²) in [6, 6.07) is 19.4. The fourth-order valence-electron chi connectivity index (χ4n) is 4.49. The van der Waals surface area contributed by atoms with E-state index >= 15 is 0 Å². The molecule has 0 aliphatic carbocycles. The highest BCUT2D eigenvalue weighted by molar-refractivity contribution is 7.89. The van der Waals surface area contributed by atoms with Gasteiger partial charge in [-0.3, -0.25) is 4.79 Å². The molecule has 1 atom stereocenters. The minimum atomic E-state index is -4.42. The maximum Gasteiger partial charge on any atom is 0.416 e. The van der Waals surface area contributed by atoms with Gasteiger partial charge < -0.3 is 9.73 Å². The zero-order chi connectivity index (χ0) is 26.2. The zero-order valence-electron chi connectivity index (χ0n) is 19.5. The third kappa shape index (κ3) is 5.12. The van der Waals surface area contributed by atoms with Gasteiger partial charge in [0.25, 0.3) is 10.0 Å². The molecule has 10 heteroatoms. The Balaban J connectivity index is 1.26. The summed E-state index contributed by atoms with van der Waals surface area (Å²) >= 11 is 0. The molecule has 1 aliphatic rings. The Bertz CT molecular complexity index is 1510. The molecule has 1 fully saturated rings. The van der Waals surface area contributed by atoms with Crippen LogP contribution in [0.15, 0.2) is 88.4 Å². The minimum absolute atomic E-state index is 0.150. The van der Waals surface area contributed by atoms with Crippen molar-refractivity contribution in [2.45, 2.75) is 36.7 Å². The molecule has 1 saturated heterocycles. The first-order valence-electron chi connectivity index (χ1n) is 11.7. The number of nitrogens with zero attached hydrogens (tertiary/aromatic N) is 1. The van der Waals surface area contributed by atoms with E-state index in [1.807, 2.05) is 0 Å². The van der Waals surface area contributed by atoms with Crippen molar-refractivity contribution in [3.05, 3.63) is 90.0 Å². The van der Waals surface area contributed by atoms with Crippen LogP contribution >= 0.6 is 0 Å². The van der Waals surface area contributed by atoms with Gasteiger partial charge in [0.2, 0.25) is 11.0 Å². The van der Waals surface area contributed by atoms with Crippen molar-refractivity contribution >= 4 is 26.9 Å². The Morgan fingerprint density at radius 3 is 2.46 bits per heavy atom. The number of hydrogen-bond acceptors (Lipinski definition) is 4. The number of alkyl halides is 3. The van der Waals surface area contributed by atoms with Crippen molar-refractivity contribution in [3.8, 4) is 11.1 Å². The number of hydrogen-bond donors (Lipinski definition) is 1. The molecular weight excluding hydrogens is 505 g/mol. The molecule has 37 heavy (non-hydrogen) atoms. The van der Waals surface area contributed by atoms with Gasteiger partial charge in [-0.2, -0.15) is 17.5 Å². The molecule has 0 unspecified atom stereocenters. The Hall–Kier alpha value is -3.63. The van der Waals surface area contributed by atoms with Gasteiger partial charge in [0.1, 0.15) is 11.6 Å². The molecule has 4 aromatic rings. The van der Waals surface area contributed by atoms with Gasteiger partial charge in [0.05, 0.1) is 5.56 Å². The molecular formula is C27H23F3N2O4S. The van der Waals surface area contributed by atoms with Crippen LogP contribution in [-0.4, -0.2) is 31.2 Å². The van der Waals surface area contributed by atoms with Crippen molar-refractivity contribution in [2.75, 3.05) is 6.54 Å². The summed E-state index contributed by atoms with van der Waals surface area (Å²) in [4.78, 5) is 12.9. The fraction of sp³-hybridized carbons (Fsp3) is 0.222. The second-order valence-corrected chi connectivity index (χ2v) is 10.7. The molecule has 1 aromatic heterocycles. The van der Waals surface area contributed by atoms with E-state index < -0.39 is 33.7 Å². The van der Waals surface area contributed by atoms with Gasteiger partial charge >= 0.3 is 6.18 Å². The van der Waals surface area contributed by atoms with Crippen LogP contribution in [0.25, 0.3) is 22.1 Å². The molecule has 1 amide bonds. The average molecular weight is 529 g/mol. The van der Waals surface area contributed by atoms with E-state index in [1.165, 1.54) is 16.4 Å². The summed E-state index contributed by atoms with van der Waals surface area (Å²) in [7, 11) is -4.00. The normalized spacial score (nSPS) is 16.8. The highest BCUT2D eigenvalue weighted by Gasteiger charge is 2.41. The standard InChI is InChI=1S/C27H23F3N2O4S/c28-27(29,30)22-7-3-6-20(15-22)19-12-10-18(11-13-19)17-31-26(33)23-8-4-14-32(23)37(34,35)25-16-21-5-1-2-9-24(21)36-25/h1-3,5-7,9-13,15-16,23H,4,8,14,17H2,(H,31,33)/t23-/m0/s1. The Kier molecular flexibility index (Phi) is 6.55. The van der Waals surface area contributed by atoms with Crippen LogP contribution in [0.2, 0.25) is 0 Å². The number of carbonyl (C=O) groups is 1. The summed E-state index contributed by atoms with van der Waals surface area (Å²) in [5, 5.41) is 3.25. The van der Waals surface area contributed by atoms with Crippen molar-refractivity contribution in [2.24, 2.45) is 0 Å². The second kappa shape index (κ2) is 9.68. The van der Waals surface area contributed by atoms with Crippen LogP contribution in [0.5, 0.6) is 0 Å². The van der Waals surface area contributed by atoms with Gasteiger partial charge in [-0.05, 0) is 47.7 Å². The highest BCUT2D eigenvalue weighted by Crippen LogP contribution is 2.33. The first kappa shape index (κ1) is 25.0. The van der Waals surface area contributed by atoms with Crippen molar-refractivity contribution in [3.63, 3.8) is 0 Å². The molecule has 2 heterocycles. The van der Waals surface area contributed by atoms with E-state index in [9.17, 15) is 26.4 Å². The van der Waals surface area contributed by atoms with E-state index in [4.69, 9.17) is 4.42 Å². The fourth-order valence-corrected chi connectivity index (χ4v) is 6.09. The number of benzene rings is 3. The molecule has 0 bridgehead atoms. The number of furan rings is 1. The van der Waals surface area contributed by atoms with Gasteiger partial charge in [-0.15, -0.1) is 0 Å². The maximum absolute atomic E-state index is 13.2. The number of para-hydroxylation sites is 1. The van der Waals surface area contributed by atoms with Crippen LogP contribution in [-0.2, 0) is 27.5 Å². The van der Waals surface area contributed by atoms with E-state index in [2.05, 4.69) is 5.32 Å². The third-order valence-corrected chi connectivity index (χ3v) is 8.18. The van der Waals surface area contributed by atoms with E-state index in [-0.39, 0.29) is 18.2 Å². The van der Waals surface area contributed by atoms with Crippen molar-refractivity contribution in [1.82, 2.24) is 9.62 Å². The van der Waals surface area contributed by atoms with Crippen LogP contribution < -0.4 is 5.32 Å². The second-order valence-electron chi connectivity index (χ2n) is 8.87. The Morgan fingerprint density at radius 1 is 0.973 bits per heavy atom. The summed E-state index contributed by atoms with van der Waals surface area (Å²) in [6.45, 7) is 0.361. The topological polar surface area (TPSA) is 79.6 Å². The zero-order valence-corrected chi connectivity index (χ0v) is 20.4. The molecule has 1 N–H and O–H groups in total. The number of halogens is 3. The predicted octanol–water partition coefficient (Wildman–Crippen LogP) is 5.59. The number of nitrogens with one attached hydrogen (secondary N) is 1. The number of sulfonamides is 1. The van der Waals surface area contributed by atoms with Gasteiger partial charge in [-0.1, -0.05) is 54.6 Å². The summed E-state index contributed by atoms with van der Waals surface area (Å²) < 4.78 is 72.2. The lowest BCUT2D eigenvalue weighted by atomic mass is 10.0. The van der Waals surface area contributed by atoms with Crippen LogP contribution in [0.4, 0.5) is 13.2 Å². The number of amides is 1. The predicted molar refractivity (Wildman–Crippen MR) is 132 cm³/mol. The Morgan fingerprint density at radius 2 is 1.73 bits per heavy atom. The number of rotatable bonds is 6. The largest absolute Gasteiger partial charge is 0.443 e. The lowest BCUT2D eigenvalue weighted by Crippen LogP contribution is -2.45. The van der Waals surface area contributed by atoms with E-state index in [0.717, 1.165) is 17.7 Å². The molecule has 3 aromatic carbocycles. The SMILES string of the molecule is O=C(NCc1ccc(-c2cccc(C(F)(F)F)c2)cc1)[C@@H]1CCCN1S(=O)(=O)c1cc2ccccc2o1. The third-order valence-electron chi connectivity index (χ3n) is 6.42. The van der Waals surface area contributed by atoms with Gasteiger partial charge in [-0.25, -0.2) is 8.42 Å². The van der Waals surface area contributed by atoms with Gasteiger partial charge in [0, 0.05) is 24.5 Å². The summed E-state index contributed by atoms with van der Waals surface area (Å²) in [6.07, 6.45) is -3.49. The maximum atomic E-state index is 13.2. The monoisotopic (exact) mass is 528 g/mol. The first-order valence-corrected chi connectivity index (χ1v) is 13.1. The van der Waals surface area contributed by atoms with Gasteiger partial charge in [0.15, 0.2) is 0 Å². The first-order chi connectivity index (χ1) is 17.6. The molecule has 0 radical (unpaired) electrons. The van der Waals surface area contributed by atoms with E-state index in [0.29, 0.717) is 34.9 Å². The minimum Gasteiger partial charge on any atom is -0.443 e. The van der Waals surface area contributed by atoms with Crippen molar-refractivity contribution < 1.29 is 30.8 Å². The number of fused-ring (bicyclic) bond motifs is 1. The molecule has 5 rings (SSSR count). The molecule has 0 saturated carbocycles. The van der Waals surface area contributed by atoms with E-state index in [1.54, 1.807) is 54.6 Å².